The number of aryl methyl sites for hydroxylation is 1. The lowest BCUT2D eigenvalue weighted by atomic mass is 10.2. The Morgan fingerprint density at radius 3 is 2.50 bits per heavy atom. The summed E-state index contributed by atoms with van der Waals surface area (Å²) >= 11 is 0. The molecule has 0 saturated heterocycles. The van der Waals surface area contributed by atoms with Gasteiger partial charge in [-0.1, -0.05) is 30.3 Å². The molecule has 2 aromatic rings. The van der Waals surface area contributed by atoms with Crippen molar-refractivity contribution < 1.29 is 0 Å². The third-order valence-corrected chi connectivity index (χ3v) is 2.41. The summed E-state index contributed by atoms with van der Waals surface area (Å²) in [6.45, 7) is 1.92. The van der Waals surface area contributed by atoms with Crippen molar-refractivity contribution in [1.82, 2.24) is 4.57 Å². The van der Waals surface area contributed by atoms with Gasteiger partial charge in [-0.05, 0) is 24.1 Å². The van der Waals surface area contributed by atoms with Gasteiger partial charge in [-0.15, -0.1) is 0 Å². The molecule has 0 amide bonds. The topological polar surface area (TPSA) is 17.3 Å². The molecule has 0 radical (unpaired) electrons. The summed E-state index contributed by atoms with van der Waals surface area (Å²) in [6.07, 6.45) is 7.19. The van der Waals surface area contributed by atoms with E-state index in [0.29, 0.717) is 0 Å². The van der Waals surface area contributed by atoms with Crippen LogP contribution in [0.3, 0.4) is 0 Å². The summed E-state index contributed by atoms with van der Waals surface area (Å²) in [5.41, 5.74) is 1.17. The Labute approximate surface area is 96.3 Å². The lowest BCUT2D eigenvalue weighted by Gasteiger charge is -1.99. The summed E-state index contributed by atoms with van der Waals surface area (Å²) in [6, 6.07) is 14.3. The second kappa shape index (κ2) is 5.91. The van der Waals surface area contributed by atoms with Gasteiger partial charge in [0.15, 0.2) is 0 Å². The van der Waals surface area contributed by atoms with E-state index < -0.39 is 0 Å². The van der Waals surface area contributed by atoms with Crippen molar-refractivity contribution in [2.24, 2.45) is 4.99 Å². The average Bonchev–Trinajstić information content (AvgIpc) is 2.83. The van der Waals surface area contributed by atoms with Crippen LogP contribution >= 0.6 is 0 Å². The van der Waals surface area contributed by atoms with Crippen molar-refractivity contribution in [2.45, 2.75) is 13.0 Å². The zero-order valence-corrected chi connectivity index (χ0v) is 9.29. The van der Waals surface area contributed by atoms with Gasteiger partial charge in [0.25, 0.3) is 0 Å². The maximum Gasteiger partial charge on any atom is 0.0406 e. The molecule has 0 fully saturated rings. The quantitative estimate of drug-likeness (QED) is 0.535. The van der Waals surface area contributed by atoms with Crippen LogP contribution in [0, 0.1) is 0 Å². The van der Waals surface area contributed by atoms with E-state index in [9.17, 15) is 0 Å². The van der Waals surface area contributed by atoms with Gasteiger partial charge in [-0.2, -0.15) is 0 Å². The fourth-order valence-corrected chi connectivity index (χ4v) is 1.57. The molecule has 0 aliphatic carbocycles. The monoisotopic (exact) mass is 212 g/mol. The van der Waals surface area contributed by atoms with Crippen LogP contribution in [0.1, 0.15) is 12.0 Å². The lowest BCUT2D eigenvalue weighted by Crippen LogP contribution is -1.96. The van der Waals surface area contributed by atoms with Crippen LogP contribution in [-0.2, 0) is 6.54 Å². The number of benzene rings is 1. The lowest BCUT2D eigenvalue weighted by molar-refractivity contribution is 0.655. The van der Waals surface area contributed by atoms with Crippen molar-refractivity contribution >= 4 is 6.21 Å². The maximum absolute atomic E-state index is 4.40. The van der Waals surface area contributed by atoms with Crippen LogP contribution in [0.25, 0.3) is 0 Å². The molecular weight excluding hydrogens is 196 g/mol. The highest BCUT2D eigenvalue weighted by Gasteiger charge is 1.88. The fourth-order valence-electron chi connectivity index (χ4n) is 1.57. The highest BCUT2D eigenvalue weighted by atomic mass is 14.9. The molecule has 16 heavy (non-hydrogen) atoms. The van der Waals surface area contributed by atoms with Gasteiger partial charge in [0.2, 0.25) is 0 Å². The summed E-state index contributed by atoms with van der Waals surface area (Å²) in [7, 11) is 0. The first-order valence-corrected chi connectivity index (χ1v) is 5.61. The van der Waals surface area contributed by atoms with E-state index in [1.165, 1.54) is 5.56 Å². The van der Waals surface area contributed by atoms with Crippen LogP contribution in [0.15, 0.2) is 59.9 Å². The minimum Gasteiger partial charge on any atom is -0.354 e. The number of hydrogen-bond donors (Lipinski definition) is 0. The van der Waals surface area contributed by atoms with E-state index in [4.69, 9.17) is 0 Å². The van der Waals surface area contributed by atoms with Crippen LogP contribution < -0.4 is 0 Å². The summed E-state index contributed by atoms with van der Waals surface area (Å²) in [4.78, 5) is 4.40. The van der Waals surface area contributed by atoms with Crippen molar-refractivity contribution in [3.8, 4) is 0 Å². The SMILES string of the molecule is C(=NCCCn1cccc1)c1ccccc1. The van der Waals surface area contributed by atoms with Crippen molar-refractivity contribution in [3.05, 3.63) is 60.4 Å². The molecule has 0 atom stereocenters. The second-order valence-corrected chi connectivity index (χ2v) is 3.72. The second-order valence-electron chi connectivity index (χ2n) is 3.72. The van der Waals surface area contributed by atoms with Crippen LogP contribution in [0.5, 0.6) is 0 Å². The zero-order chi connectivity index (χ0) is 11.1. The molecule has 2 nitrogen and oxygen atoms in total. The molecule has 2 rings (SSSR count). The Hall–Kier alpha value is -1.83. The first-order chi connectivity index (χ1) is 7.95. The highest BCUT2D eigenvalue weighted by Crippen LogP contribution is 1.96. The van der Waals surface area contributed by atoms with Gasteiger partial charge in [0.1, 0.15) is 0 Å². The first-order valence-electron chi connectivity index (χ1n) is 5.61. The number of aromatic nitrogens is 1. The number of rotatable bonds is 5. The Morgan fingerprint density at radius 1 is 1.00 bits per heavy atom. The maximum atomic E-state index is 4.40. The summed E-state index contributed by atoms with van der Waals surface area (Å²) < 4.78 is 2.18. The Kier molecular flexibility index (Phi) is 3.94. The number of aliphatic imine (C=N–C) groups is 1. The zero-order valence-electron chi connectivity index (χ0n) is 9.29. The first kappa shape index (κ1) is 10.7. The predicted molar refractivity (Wildman–Crippen MR) is 68.0 cm³/mol. The number of hydrogen-bond acceptors (Lipinski definition) is 1. The van der Waals surface area contributed by atoms with Crippen molar-refractivity contribution in [3.63, 3.8) is 0 Å². The van der Waals surface area contributed by atoms with E-state index in [1.807, 2.05) is 36.5 Å². The fraction of sp³-hybridized carbons (Fsp3) is 0.214. The Balaban J connectivity index is 1.70. The normalized spacial score (nSPS) is 11.0. The molecule has 0 unspecified atom stereocenters. The molecule has 1 aromatic heterocycles. The smallest absolute Gasteiger partial charge is 0.0406 e. The standard InChI is InChI=1S/C14H16N2/c1-2-7-14(8-3-1)13-15-9-6-12-16-10-4-5-11-16/h1-5,7-8,10-11,13H,6,9,12H2. The molecule has 82 valence electrons. The molecular formula is C14H16N2. The van der Waals surface area contributed by atoms with Crippen molar-refractivity contribution in [1.29, 1.82) is 0 Å². The molecule has 0 spiro atoms. The molecule has 1 heterocycles. The third kappa shape index (κ3) is 3.39. The van der Waals surface area contributed by atoms with Gasteiger partial charge >= 0.3 is 0 Å². The third-order valence-electron chi connectivity index (χ3n) is 2.41. The van der Waals surface area contributed by atoms with Gasteiger partial charge in [-0.3, -0.25) is 4.99 Å². The summed E-state index contributed by atoms with van der Waals surface area (Å²) in [5, 5.41) is 0. The van der Waals surface area contributed by atoms with Gasteiger partial charge in [0.05, 0.1) is 0 Å². The molecule has 1 aromatic carbocycles. The van der Waals surface area contributed by atoms with Crippen molar-refractivity contribution in [2.75, 3.05) is 6.54 Å². The highest BCUT2D eigenvalue weighted by molar-refractivity contribution is 5.79. The number of nitrogens with zero attached hydrogens (tertiary/aromatic N) is 2. The molecule has 2 heteroatoms. The minimum absolute atomic E-state index is 0.882. The van der Waals surface area contributed by atoms with Gasteiger partial charge < -0.3 is 4.57 Å². The molecule has 0 aliphatic heterocycles. The van der Waals surface area contributed by atoms with E-state index in [1.54, 1.807) is 0 Å². The Bertz CT molecular complexity index is 415. The molecule has 0 N–H and O–H groups in total. The predicted octanol–water partition coefficient (Wildman–Crippen LogP) is 3.00. The van der Waals surface area contributed by atoms with Crippen LogP contribution in [0.2, 0.25) is 0 Å². The minimum atomic E-state index is 0.882. The van der Waals surface area contributed by atoms with E-state index in [-0.39, 0.29) is 0 Å². The van der Waals surface area contributed by atoms with Gasteiger partial charge in [0, 0.05) is 31.7 Å². The Morgan fingerprint density at radius 2 is 1.75 bits per heavy atom. The summed E-state index contributed by atoms with van der Waals surface area (Å²) in [5.74, 6) is 0. The molecule has 0 aliphatic rings. The van der Waals surface area contributed by atoms with Crippen LogP contribution in [0.4, 0.5) is 0 Å². The van der Waals surface area contributed by atoms with E-state index in [0.717, 1.165) is 19.5 Å². The largest absolute Gasteiger partial charge is 0.354 e. The van der Waals surface area contributed by atoms with Crippen LogP contribution in [-0.4, -0.2) is 17.3 Å². The average molecular weight is 212 g/mol. The molecule has 0 bridgehead atoms. The molecule has 0 saturated carbocycles. The van der Waals surface area contributed by atoms with E-state index >= 15 is 0 Å². The van der Waals surface area contributed by atoms with Gasteiger partial charge in [-0.25, -0.2) is 0 Å². The van der Waals surface area contributed by atoms with E-state index in [2.05, 4.69) is 34.1 Å².